The fourth-order valence-corrected chi connectivity index (χ4v) is 3.41. The van der Waals surface area contributed by atoms with Gasteiger partial charge in [0.05, 0.1) is 0 Å². The van der Waals surface area contributed by atoms with Crippen LogP contribution in [0, 0.1) is 0 Å². The highest BCUT2D eigenvalue weighted by Crippen LogP contribution is 2.32. The van der Waals surface area contributed by atoms with Crippen LogP contribution in [0.15, 0.2) is 53.0 Å². The van der Waals surface area contributed by atoms with E-state index in [1.807, 2.05) is 48.5 Å². The maximum Gasteiger partial charge on any atom is 0.346 e. The van der Waals surface area contributed by atoms with Crippen molar-refractivity contribution in [3.05, 3.63) is 63.4 Å². The molecule has 0 atom stereocenters. The van der Waals surface area contributed by atoms with Crippen LogP contribution in [0.1, 0.15) is 15.2 Å². The smallest absolute Gasteiger partial charge is 0.346 e. The van der Waals surface area contributed by atoms with Crippen LogP contribution in [-0.2, 0) is 6.61 Å². The Labute approximate surface area is 133 Å². The van der Waals surface area contributed by atoms with E-state index >= 15 is 0 Å². The lowest BCUT2D eigenvalue weighted by molar-refractivity contribution is 0.0699. The van der Waals surface area contributed by atoms with Crippen LogP contribution >= 0.6 is 27.3 Å². The number of carboxylic acids is 1. The number of ether oxygens (including phenoxy) is 1. The van der Waals surface area contributed by atoms with E-state index in [1.54, 1.807) is 0 Å². The van der Waals surface area contributed by atoms with Crippen molar-refractivity contribution >= 4 is 43.3 Å². The quantitative estimate of drug-likeness (QED) is 0.714. The fraction of sp³-hybridized carbons (Fsp3) is 0.0625. The summed E-state index contributed by atoms with van der Waals surface area (Å²) in [5.74, 6) is -0.199. The molecule has 3 rings (SSSR count). The van der Waals surface area contributed by atoms with Gasteiger partial charge in [0, 0.05) is 14.7 Å². The summed E-state index contributed by atoms with van der Waals surface area (Å²) < 4.78 is 7.66. The average Bonchev–Trinajstić information content (AvgIpc) is 2.86. The van der Waals surface area contributed by atoms with Crippen LogP contribution in [0.5, 0.6) is 5.75 Å². The van der Waals surface area contributed by atoms with Gasteiger partial charge in [-0.15, -0.1) is 11.3 Å². The summed E-state index contributed by atoms with van der Waals surface area (Å²) in [6.07, 6.45) is 0. The minimum Gasteiger partial charge on any atom is -0.489 e. The molecular weight excluding hydrogens is 352 g/mol. The second-order valence-corrected chi connectivity index (χ2v) is 6.42. The van der Waals surface area contributed by atoms with Crippen molar-refractivity contribution in [3.63, 3.8) is 0 Å². The van der Waals surface area contributed by atoms with Gasteiger partial charge >= 0.3 is 5.97 Å². The summed E-state index contributed by atoms with van der Waals surface area (Å²) in [5.41, 5.74) is 0.728. The second-order valence-electron chi connectivity index (χ2n) is 4.45. The van der Waals surface area contributed by atoms with Crippen LogP contribution < -0.4 is 4.74 Å². The molecule has 1 heterocycles. The molecular formula is C16H11BrO3S. The first-order chi connectivity index (χ1) is 10.1. The summed E-state index contributed by atoms with van der Waals surface area (Å²) >= 11 is 4.65. The number of carbonyl (C=O) groups is 1. The molecule has 21 heavy (non-hydrogen) atoms. The van der Waals surface area contributed by atoms with Gasteiger partial charge in [0.1, 0.15) is 17.2 Å². The Kier molecular flexibility index (Phi) is 3.94. The van der Waals surface area contributed by atoms with Gasteiger partial charge in [-0.3, -0.25) is 0 Å². The van der Waals surface area contributed by atoms with E-state index in [9.17, 15) is 9.90 Å². The van der Waals surface area contributed by atoms with Gasteiger partial charge in [0.15, 0.2) is 0 Å². The fourth-order valence-electron chi connectivity index (χ4n) is 2.10. The monoisotopic (exact) mass is 362 g/mol. The first-order valence-electron chi connectivity index (χ1n) is 6.27. The summed E-state index contributed by atoms with van der Waals surface area (Å²) in [6, 6.07) is 15.1. The lowest BCUT2D eigenvalue weighted by Crippen LogP contribution is -2.02. The Balaban J connectivity index is 1.93. The van der Waals surface area contributed by atoms with E-state index in [4.69, 9.17) is 4.74 Å². The summed E-state index contributed by atoms with van der Waals surface area (Å²) in [6.45, 7) is 0.243. The normalized spacial score (nSPS) is 10.7. The summed E-state index contributed by atoms with van der Waals surface area (Å²) in [5, 5.41) is 10.3. The van der Waals surface area contributed by atoms with E-state index in [0.717, 1.165) is 20.1 Å². The van der Waals surface area contributed by atoms with Gasteiger partial charge in [-0.25, -0.2) is 4.79 Å². The zero-order valence-corrected chi connectivity index (χ0v) is 13.3. The third-order valence-electron chi connectivity index (χ3n) is 3.09. The molecule has 106 valence electrons. The predicted octanol–water partition coefficient (Wildman–Crippen LogP) is 4.94. The number of hydrogen-bond donors (Lipinski definition) is 1. The van der Waals surface area contributed by atoms with Gasteiger partial charge in [0.25, 0.3) is 0 Å². The Hall–Kier alpha value is -1.85. The second kappa shape index (κ2) is 5.87. The third kappa shape index (κ3) is 2.94. The van der Waals surface area contributed by atoms with E-state index in [1.165, 1.54) is 11.3 Å². The first-order valence-corrected chi connectivity index (χ1v) is 7.88. The van der Waals surface area contributed by atoms with Crippen molar-refractivity contribution in [2.75, 3.05) is 0 Å². The zero-order valence-electron chi connectivity index (χ0n) is 10.9. The van der Waals surface area contributed by atoms with Crippen molar-refractivity contribution in [1.29, 1.82) is 0 Å². The van der Waals surface area contributed by atoms with Crippen molar-refractivity contribution in [3.8, 4) is 5.75 Å². The van der Waals surface area contributed by atoms with Crippen LogP contribution in [-0.4, -0.2) is 11.1 Å². The Morgan fingerprint density at radius 3 is 2.57 bits per heavy atom. The number of benzene rings is 2. The third-order valence-corrected chi connectivity index (χ3v) is 4.82. The average molecular weight is 363 g/mol. The van der Waals surface area contributed by atoms with Crippen LogP contribution in [0.25, 0.3) is 10.1 Å². The summed E-state index contributed by atoms with van der Waals surface area (Å²) in [4.78, 5) is 11.7. The predicted molar refractivity (Wildman–Crippen MR) is 87.3 cm³/mol. The molecule has 0 saturated carbocycles. The molecule has 1 N–H and O–H groups in total. The highest BCUT2D eigenvalue weighted by atomic mass is 79.9. The molecule has 0 unspecified atom stereocenters. The van der Waals surface area contributed by atoms with Gasteiger partial charge < -0.3 is 9.84 Å². The topological polar surface area (TPSA) is 46.5 Å². The SMILES string of the molecule is O=C(O)c1sc2ccccc2c1COc1ccc(Br)cc1. The van der Waals surface area contributed by atoms with Gasteiger partial charge in [-0.05, 0) is 35.7 Å². The number of rotatable bonds is 4. The molecule has 0 radical (unpaired) electrons. The Morgan fingerprint density at radius 1 is 1.14 bits per heavy atom. The number of fused-ring (bicyclic) bond motifs is 1. The number of carboxylic acid groups (broad SMARTS) is 1. The largest absolute Gasteiger partial charge is 0.489 e. The molecule has 0 aliphatic carbocycles. The van der Waals surface area contributed by atoms with E-state index in [2.05, 4.69) is 15.9 Å². The maximum absolute atomic E-state index is 11.4. The number of halogens is 1. The lowest BCUT2D eigenvalue weighted by Gasteiger charge is -2.06. The standard InChI is InChI=1S/C16H11BrO3S/c17-10-5-7-11(8-6-10)20-9-13-12-3-1-2-4-14(12)21-15(13)16(18)19/h1-8H,9H2,(H,18,19). The van der Waals surface area contributed by atoms with Crippen LogP contribution in [0.3, 0.4) is 0 Å². The van der Waals surface area contributed by atoms with Crippen molar-refractivity contribution in [2.24, 2.45) is 0 Å². The highest BCUT2D eigenvalue weighted by Gasteiger charge is 2.17. The number of thiophene rings is 1. The Morgan fingerprint density at radius 2 is 1.86 bits per heavy atom. The minimum atomic E-state index is -0.911. The molecule has 1 aromatic heterocycles. The van der Waals surface area contributed by atoms with Crippen molar-refractivity contribution in [2.45, 2.75) is 6.61 Å². The van der Waals surface area contributed by atoms with Crippen LogP contribution in [0.2, 0.25) is 0 Å². The van der Waals surface area contributed by atoms with Crippen LogP contribution in [0.4, 0.5) is 0 Å². The number of hydrogen-bond acceptors (Lipinski definition) is 3. The summed E-state index contributed by atoms with van der Waals surface area (Å²) in [7, 11) is 0. The molecule has 3 aromatic rings. The molecule has 5 heteroatoms. The van der Waals surface area contributed by atoms with E-state index in [-0.39, 0.29) is 6.61 Å². The Bertz CT molecular complexity index is 793. The lowest BCUT2D eigenvalue weighted by atomic mass is 10.1. The minimum absolute atomic E-state index is 0.243. The maximum atomic E-state index is 11.4. The first kappa shape index (κ1) is 14.1. The molecule has 0 spiro atoms. The molecule has 0 bridgehead atoms. The molecule has 2 aromatic carbocycles. The molecule has 3 nitrogen and oxygen atoms in total. The van der Waals surface area contributed by atoms with Gasteiger partial charge in [0.2, 0.25) is 0 Å². The van der Waals surface area contributed by atoms with Crippen molar-refractivity contribution in [1.82, 2.24) is 0 Å². The van der Waals surface area contributed by atoms with E-state index < -0.39 is 5.97 Å². The molecule has 0 aliphatic heterocycles. The molecule has 0 saturated heterocycles. The van der Waals surface area contributed by atoms with E-state index in [0.29, 0.717) is 10.6 Å². The van der Waals surface area contributed by atoms with Gasteiger partial charge in [-0.2, -0.15) is 0 Å². The number of aromatic carboxylic acids is 1. The van der Waals surface area contributed by atoms with Crippen molar-refractivity contribution < 1.29 is 14.6 Å². The zero-order chi connectivity index (χ0) is 14.8. The molecule has 0 amide bonds. The highest BCUT2D eigenvalue weighted by molar-refractivity contribution is 9.10. The molecule has 0 aliphatic rings. The molecule has 0 fully saturated rings. The van der Waals surface area contributed by atoms with Gasteiger partial charge in [-0.1, -0.05) is 34.1 Å².